The molecule has 0 bridgehead atoms. The van der Waals surface area contributed by atoms with E-state index in [4.69, 9.17) is 9.47 Å². The molecule has 0 aliphatic rings. The third-order valence-electron chi connectivity index (χ3n) is 4.53. The van der Waals surface area contributed by atoms with E-state index in [1.807, 2.05) is 18.2 Å². The van der Waals surface area contributed by atoms with Gasteiger partial charge in [-0.1, -0.05) is 55.5 Å². The van der Waals surface area contributed by atoms with Crippen LogP contribution in [0.4, 0.5) is 0 Å². The van der Waals surface area contributed by atoms with Crippen LogP contribution in [0.5, 0.6) is 0 Å². The Bertz CT molecular complexity index is 513. The number of rotatable bonds is 6. The zero-order chi connectivity index (χ0) is 16.9. The van der Waals surface area contributed by atoms with Crippen LogP contribution in [0.2, 0.25) is 18.6 Å². The molecule has 0 aliphatic heterocycles. The van der Waals surface area contributed by atoms with E-state index < -0.39 is 20.1 Å². The average Bonchev–Trinajstić information content (AvgIpc) is 2.47. The third-order valence-corrected chi connectivity index (χ3v) is 8.98. The smallest absolute Gasteiger partial charge is 0.312 e. The van der Waals surface area contributed by atoms with Crippen LogP contribution in [0.15, 0.2) is 30.3 Å². The van der Waals surface area contributed by atoms with Gasteiger partial charge in [0, 0.05) is 6.92 Å². The maximum Gasteiger partial charge on any atom is 0.312 e. The Morgan fingerprint density at radius 3 is 2.09 bits per heavy atom. The first kappa shape index (κ1) is 18.4. The van der Waals surface area contributed by atoms with Crippen LogP contribution in [0.3, 0.4) is 0 Å². The molecule has 0 aliphatic carbocycles. The lowest BCUT2D eigenvalue weighted by Gasteiger charge is -2.37. The Hall–Kier alpha value is -1.62. The SMILES string of the molecule is COC(=O)[C@@H]([C@@H](C)OC(C)=O)[C@H](C)[Si](C)(C)c1ccccc1. The van der Waals surface area contributed by atoms with Gasteiger partial charge in [-0.25, -0.2) is 0 Å². The van der Waals surface area contributed by atoms with Gasteiger partial charge in [0.05, 0.1) is 21.1 Å². The van der Waals surface area contributed by atoms with Crippen molar-refractivity contribution in [3.8, 4) is 0 Å². The molecule has 0 amide bonds. The first-order valence-corrected chi connectivity index (χ1v) is 10.6. The molecule has 4 nitrogen and oxygen atoms in total. The van der Waals surface area contributed by atoms with Gasteiger partial charge in [-0.15, -0.1) is 0 Å². The number of benzene rings is 1. The minimum atomic E-state index is -1.93. The van der Waals surface area contributed by atoms with Crippen LogP contribution in [-0.4, -0.2) is 33.2 Å². The van der Waals surface area contributed by atoms with Gasteiger partial charge in [0.25, 0.3) is 0 Å². The van der Waals surface area contributed by atoms with Crippen LogP contribution in [0.1, 0.15) is 20.8 Å². The van der Waals surface area contributed by atoms with Crippen molar-refractivity contribution in [2.45, 2.75) is 45.5 Å². The fraction of sp³-hybridized carbons (Fsp3) is 0.529. The molecular weight excluding hydrogens is 296 g/mol. The minimum Gasteiger partial charge on any atom is -0.469 e. The van der Waals surface area contributed by atoms with Crippen molar-refractivity contribution in [2.75, 3.05) is 7.11 Å². The second kappa shape index (κ2) is 7.58. The summed E-state index contributed by atoms with van der Waals surface area (Å²) in [6, 6.07) is 10.2. The van der Waals surface area contributed by atoms with Crippen LogP contribution >= 0.6 is 0 Å². The highest BCUT2D eigenvalue weighted by atomic mass is 28.3. The molecule has 0 N–H and O–H groups in total. The van der Waals surface area contributed by atoms with Crippen LogP contribution in [-0.2, 0) is 19.1 Å². The van der Waals surface area contributed by atoms with Gasteiger partial charge in [0.2, 0.25) is 0 Å². The predicted octanol–water partition coefficient (Wildman–Crippen LogP) is 2.73. The van der Waals surface area contributed by atoms with Crippen molar-refractivity contribution in [3.05, 3.63) is 30.3 Å². The summed E-state index contributed by atoms with van der Waals surface area (Å²) in [6.45, 7) is 9.62. The van der Waals surface area contributed by atoms with Gasteiger partial charge in [-0.3, -0.25) is 9.59 Å². The molecule has 0 saturated heterocycles. The summed E-state index contributed by atoms with van der Waals surface area (Å²) < 4.78 is 10.2. The highest BCUT2D eigenvalue weighted by molar-refractivity contribution is 6.91. The number of ether oxygens (including phenoxy) is 2. The monoisotopic (exact) mass is 322 g/mol. The standard InChI is InChI=1S/C17H26O4Si/c1-12(21-14(3)18)16(17(19)20-4)13(2)22(5,6)15-10-8-7-9-11-15/h7-13,16H,1-6H3/t12-,13+,16+/m1/s1. The van der Waals surface area contributed by atoms with Gasteiger partial charge in [0.1, 0.15) is 6.10 Å². The van der Waals surface area contributed by atoms with E-state index in [0.717, 1.165) is 0 Å². The van der Waals surface area contributed by atoms with Crippen molar-refractivity contribution in [2.24, 2.45) is 5.92 Å². The number of hydrogen-bond donors (Lipinski definition) is 0. The summed E-state index contributed by atoms with van der Waals surface area (Å²) in [5.74, 6) is -1.17. The van der Waals surface area contributed by atoms with Gasteiger partial charge in [0.15, 0.2) is 0 Å². The van der Waals surface area contributed by atoms with Gasteiger partial charge < -0.3 is 9.47 Å². The number of carbonyl (C=O) groups is 2. The van der Waals surface area contributed by atoms with Gasteiger partial charge in [-0.05, 0) is 12.5 Å². The minimum absolute atomic E-state index is 0.0664. The second-order valence-electron chi connectivity index (χ2n) is 6.24. The lowest BCUT2D eigenvalue weighted by Crippen LogP contribution is -2.51. The molecule has 0 fully saturated rings. The Balaban J connectivity index is 3.13. The van der Waals surface area contributed by atoms with E-state index in [2.05, 4.69) is 32.2 Å². The molecule has 0 heterocycles. The van der Waals surface area contributed by atoms with Crippen LogP contribution < -0.4 is 5.19 Å². The normalized spacial score (nSPS) is 15.5. The molecule has 1 aromatic rings. The first-order chi connectivity index (χ1) is 10.2. The third kappa shape index (κ3) is 4.19. The Labute approximate surface area is 133 Å². The number of carbonyl (C=O) groups excluding carboxylic acids is 2. The summed E-state index contributed by atoms with van der Waals surface area (Å²) in [4.78, 5) is 23.5. The highest BCUT2D eigenvalue weighted by Crippen LogP contribution is 2.33. The summed E-state index contributed by atoms with van der Waals surface area (Å²) in [6.07, 6.45) is -0.504. The quantitative estimate of drug-likeness (QED) is 0.597. The maximum atomic E-state index is 12.3. The molecule has 122 valence electrons. The fourth-order valence-corrected chi connectivity index (χ4v) is 5.74. The first-order valence-electron chi connectivity index (χ1n) is 7.52. The number of esters is 2. The molecule has 1 rings (SSSR count). The van der Waals surface area contributed by atoms with Crippen molar-refractivity contribution >= 4 is 25.2 Å². The van der Waals surface area contributed by atoms with E-state index in [1.165, 1.54) is 19.2 Å². The Kier molecular flexibility index (Phi) is 6.35. The highest BCUT2D eigenvalue weighted by Gasteiger charge is 2.43. The predicted molar refractivity (Wildman–Crippen MR) is 89.7 cm³/mol. The molecule has 5 heteroatoms. The van der Waals surface area contributed by atoms with Gasteiger partial charge in [-0.2, -0.15) is 0 Å². The molecule has 3 atom stereocenters. The summed E-state index contributed by atoms with van der Waals surface area (Å²) in [5.41, 5.74) is 0.0664. The van der Waals surface area contributed by atoms with Crippen molar-refractivity contribution in [1.29, 1.82) is 0 Å². The number of hydrogen-bond acceptors (Lipinski definition) is 4. The maximum absolute atomic E-state index is 12.3. The molecular formula is C17H26O4Si. The second-order valence-corrected chi connectivity index (χ2v) is 11.2. The zero-order valence-electron chi connectivity index (χ0n) is 14.3. The Morgan fingerprint density at radius 2 is 1.64 bits per heavy atom. The largest absolute Gasteiger partial charge is 0.469 e. The van der Waals surface area contributed by atoms with Crippen molar-refractivity contribution in [3.63, 3.8) is 0 Å². The molecule has 0 saturated carbocycles. The number of methoxy groups -OCH3 is 1. The van der Waals surface area contributed by atoms with E-state index in [1.54, 1.807) is 6.92 Å². The lowest BCUT2D eigenvalue weighted by molar-refractivity contribution is -0.157. The van der Waals surface area contributed by atoms with Crippen molar-refractivity contribution in [1.82, 2.24) is 0 Å². The molecule has 0 unspecified atom stereocenters. The molecule has 0 spiro atoms. The molecule has 0 aromatic heterocycles. The fourth-order valence-electron chi connectivity index (χ4n) is 2.85. The van der Waals surface area contributed by atoms with E-state index in [9.17, 15) is 9.59 Å². The van der Waals surface area contributed by atoms with Crippen LogP contribution in [0, 0.1) is 5.92 Å². The molecule has 22 heavy (non-hydrogen) atoms. The average molecular weight is 322 g/mol. The summed E-state index contributed by atoms with van der Waals surface area (Å²) in [5, 5.41) is 1.27. The van der Waals surface area contributed by atoms with Crippen LogP contribution in [0.25, 0.3) is 0 Å². The van der Waals surface area contributed by atoms with Gasteiger partial charge >= 0.3 is 11.9 Å². The summed E-state index contributed by atoms with van der Waals surface area (Å²) in [7, 11) is -0.556. The topological polar surface area (TPSA) is 52.6 Å². The summed E-state index contributed by atoms with van der Waals surface area (Å²) >= 11 is 0. The molecule has 1 aromatic carbocycles. The van der Waals surface area contributed by atoms with Crippen molar-refractivity contribution < 1.29 is 19.1 Å². The Morgan fingerprint density at radius 1 is 1.09 bits per heavy atom. The zero-order valence-corrected chi connectivity index (χ0v) is 15.3. The van der Waals surface area contributed by atoms with E-state index in [0.29, 0.717) is 0 Å². The van der Waals surface area contributed by atoms with E-state index >= 15 is 0 Å². The lowest BCUT2D eigenvalue weighted by atomic mass is 10.00. The molecule has 0 radical (unpaired) electrons. The van der Waals surface area contributed by atoms with E-state index in [-0.39, 0.29) is 17.5 Å².